The Kier molecular flexibility index (Phi) is 3.04. The molecule has 1 N–H and O–H groups in total. The van der Waals surface area contributed by atoms with Crippen LogP contribution < -0.4 is 4.74 Å². The van der Waals surface area contributed by atoms with Crippen LogP contribution >= 0.6 is 11.6 Å². The number of benzene rings is 1. The molecule has 2 heterocycles. The first kappa shape index (κ1) is 13.2. The third-order valence-electron chi connectivity index (χ3n) is 4.02. The Hall–Kier alpha value is -0.770. The monoisotopic (exact) mass is 282 g/mol. The van der Waals surface area contributed by atoms with Gasteiger partial charge in [0.15, 0.2) is 0 Å². The quantitative estimate of drug-likeness (QED) is 0.792. The molecule has 0 aromatic heterocycles. The maximum absolute atomic E-state index is 10.4. The maximum Gasteiger partial charge on any atom is 0.126 e. The SMILES string of the molecule is CC1(C)CC2(CCO1)CC(O)c1cc(Cl)ccc1O2. The Balaban J connectivity index is 1.94. The summed E-state index contributed by atoms with van der Waals surface area (Å²) < 4.78 is 12.0. The molecule has 2 unspecified atom stereocenters. The van der Waals surface area contributed by atoms with E-state index in [1.807, 2.05) is 6.07 Å². The van der Waals surface area contributed by atoms with Crippen molar-refractivity contribution in [2.24, 2.45) is 0 Å². The highest BCUT2D eigenvalue weighted by atomic mass is 35.5. The van der Waals surface area contributed by atoms with Crippen molar-refractivity contribution in [1.82, 2.24) is 0 Å². The highest BCUT2D eigenvalue weighted by Crippen LogP contribution is 2.47. The first-order valence-corrected chi connectivity index (χ1v) is 7.08. The van der Waals surface area contributed by atoms with Gasteiger partial charge in [0.25, 0.3) is 0 Å². The minimum absolute atomic E-state index is 0.206. The summed E-state index contributed by atoms with van der Waals surface area (Å²) in [4.78, 5) is 0. The van der Waals surface area contributed by atoms with E-state index < -0.39 is 6.10 Å². The maximum atomic E-state index is 10.4. The molecule has 4 heteroatoms. The van der Waals surface area contributed by atoms with Crippen molar-refractivity contribution >= 4 is 11.6 Å². The van der Waals surface area contributed by atoms with Crippen molar-refractivity contribution in [2.75, 3.05) is 6.61 Å². The summed E-state index contributed by atoms with van der Waals surface area (Å²) in [6.07, 6.45) is 1.69. The van der Waals surface area contributed by atoms with E-state index in [9.17, 15) is 5.11 Å². The molecule has 3 rings (SSSR count). The van der Waals surface area contributed by atoms with E-state index in [1.165, 1.54) is 0 Å². The van der Waals surface area contributed by atoms with E-state index in [0.29, 0.717) is 18.1 Å². The fourth-order valence-corrected chi connectivity index (χ4v) is 3.48. The molecule has 3 nitrogen and oxygen atoms in total. The largest absolute Gasteiger partial charge is 0.487 e. The number of hydrogen-bond donors (Lipinski definition) is 1. The standard InChI is InChI=1S/C15H19ClO3/c1-14(2)9-15(5-6-18-14)8-12(17)11-7-10(16)3-4-13(11)19-15/h3-4,7,12,17H,5-6,8-9H2,1-2H3. The Morgan fingerprint density at radius 1 is 1.37 bits per heavy atom. The van der Waals surface area contributed by atoms with Gasteiger partial charge in [-0.2, -0.15) is 0 Å². The van der Waals surface area contributed by atoms with Gasteiger partial charge in [0.05, 0.1) is 18.3 Å². The highest BCUT2D eigenvalue weighted by molar-refractivity contribution is 6.30. The summed E-state index contributed by atoms with van der Waals surface area (Å²) in [6, 6.07) is 5.44. The topological polar surface area (TPSA) is 38.7 Å². The van der Waals surface area contributed by atoms with E-state index in [0.717, 1.165) is 24.2 Å². The van der Waals surface area contributed by atoms with Gasteiger partial charge in [0.2, 0.25) is 0 Å². The average molecular weight is 283 g/mol. The van der Waals surface area contributed by atoms with Gasteiger partial charge in [-0.15, -0.1) is 0 Å². The molecule has 1 aromatic carbocycles. The predicted molar refractivity (Wildman–Crippen MR) is 73.7 cm³/mol. The molecule has 1 saturated heterocycles. The van der Waals surface area contributed by atoms with Gasteiger partial charge in [0, 0.05) is 29.8 Å². The number of aliphatic hydroxyl groups is 1. The number of fused-ring (bicyclic) bond motifs is 1. The molecule has 19 heavy (non-hydrogen) atoms. The van der Waals surface area contributed by atoms with Gasteiger partial charge in [-0.3, -0.25) is 0 Å². The van der Waals surface area contributed by atoms with Gasteiger partial charge in [-0.05, 0) is 32.0 Å². The van der Waals surface area contributed by atoms with Gasteiger partial charge in [0.1, 0.15) is 11.4 Å². The average Bonchev–Trinajstić information content (AvgIpc) is 2.29. The Morgan fingerprint density at radius 2 is 2.16 bits per heavy atom. The van der Waals surface area contributed by atoms with Crippen molar-refractivity contribution in [3.8, 4) is 5.75 Å². The Bertz CT molecular complexity index is 500. The fourth-order valence-electron chi connectivity index (χ4n) is 3.30. The minimum atomic E-state index is -0.517. The minimum Gasteiger partial charge on any atom is -0.487 e. The van der Waals surface area contributed by atoms with Crippen molar-refractivity contribution in [1.29, 1.82) is 0 Å². The molecule has 1 fully saturated rings. The van der Waals surface area contributed by atoms with E-state index >= 15 is 0 Å². The smallest absolute Gasteiger partial charge is 0.126 e. The molecule has 0 bridgehead atoms. The van der Waals surface area contributed by atoms with Crippen LogP contribution in [-0.4, -0.2) is 22.9 Å². The molecule has 2 atom stereocenters. The predicted octanol–water partition coefficient (Wildman–Crippen LogP) is 3.48. The molecule has 1 spiro atoms. The molecule has 2 aliphatic rings. The lowest BCUT2D eigenvalue weighted by Gasteiger charge is -2.48. The first-order valence-electron chi connectivity index (χ1n) is 6.70. The van der Waals surface area contributed by atoms with Gasteiger partial charge in [-0.25, -0.2) is 0 Å². The van der Waals surface area contributed by atoms with Crippen molar-refractivity contribution in [3.63, 3.8) is 0 Å². The van der Waals surface area contributed by atoms with Crippen molar-refractivity contribution < 1.29 is 14.6 Å². The number of hydrogen-bond acceptors (Lipinski definition) is 3. The third-order valence-corrected chi connectivity index (χ3v) is 4.26. The van der Waals surface area contributed by atoms with Crippen LogP contribution in [0.15, 0.2) is 18.2 Å². The summed E-state index contributed by atoms with van der Waals surface area (Å²) in [5, 5.41) is 11.0. The number of halogens is 1. The van der Waals surface area contributed by atoms with E-state index in [1.54, 1.807) is 12.1 Å². The second-order valence-electron chi connectivity index (χ2n) is 6.22. The molecule has 0 radical (unpaired) electrons. The number of aliphatic hydroxyl groups excluding tert-OH is 1. The fraction of sp³-hybridized carbons (Fsp3) is 0.600. The summed E-state index contributed by atoms with van der Waals surface area (Å²) >= 11 is 5.98. The number of ether oxygens (including phenoxy) is 2. The Morgan fingerprint density at radius 3 is 2.89 bits per heavy atom. The van der Waals surface area contributed by atoms with Crippen LogP contribution in [0.3, 0.4) is 0 Å². The first-order chi connectivity index (χ1) is 8.89. The lowest BCUT2D eigenvalue weighted by Crippen LogP contribution is -2.51. The van der Waals surface area contributed by atoms with Crippen molar-refractivity contribution in [2.45, 2.75) is 50.4 Å². The van der Waals surface area contributed by atoms with E-state index in [4.69, 9.17) is 21.1 Å². The molecule has 0 saturated carbocycles. The zero-order chi connectivity index (χ0) is 13.7. The van der Waals surface area contributed by atoms with Gasteiger partial charge < -0.3 is 14.6 Å². The van der Waals surface area contributed by atoms with Gasteiger partial charge >= 0.3 is 0 Å². The summed E-state index contributed by atoms with van der Waals surface area (Å²) in [5.74, 6) is 0.751. The summed E-state index contributed by atoms with van der Waals surface area (Å²) in [5.41, 5.74) is 0.270. The summed E-state index contributed by atoms with van der Waals surface area (Å²) in [7, 11) is 0. The van der Waals surface area contributed by atoms with Gasteiger partial charge in [-0.1, -0.05) is 11.6 Å². The Labute approximate surface area is 118 Å². The second kappa shape index (κ2) is 4.37. The van der Waals surface area contributed by atoms with Crippen LogP contribution in [0.25, 0.3) is 0 Å². The molecule has 104 valence electrons. The van der Waals surface area contributed by atoms with Crippen molar-refractivity contribution in [3.05, 3.63) is 28.8 Å². The zero-order valence-corrected chi connectivity index (χ0v) is 12.0. The molecular weight excluding hydrogens is 264 g/mol. The highest BCUT2D eigenvalue weighted by Gasteiger charge is 2.47. The number of rotatable bonds is 0. The van der Waals surface area contributed by atoms with Crippen LogP contribution in [-0.2, 0) is 4.74 Å². The normalized spacial score (nSPS) is 32.7. The van der Waals surface area contributed by atoms with Crippen LogP contribution in [0.5, 0.6) is 5.75 Å². The van der Waals surface area contributed by atoms with Crippen LogP contribution in [0, 0.1) is 0 Å². The van der Waals surface area contributed by atoms with Crippen LogP contribution in [0.2, 0.25) is 5.02 Å². The second-order valence-corrected chi connectivity index (χ2v) is 6.66. The van der Waals surface area contributed by atoms with E-state index in [-0.39, 0.29) is 11.2 Å². The third kappa shape index (κ3) is 2.47. The molecule has 0 amide bonds. The van der Waals surface area contributed by atoms with Crippen LogP contribution in [0.4, 0.5) is 0 Å². The molecule has 2 aliphatic heterocycles. The zero-order valence-electron chi connectivity index (χ0n) is 11.3. The van der Waals surface area contributed by atoms with Crippen LogP contribution in [0.1, 0.15) is 44.8 Å². The lowest BCUT2D eigenvalue weighted by molar-refractivity contribution is -0.151. The summed E-state index contributed by atoms with van der Waals surface area (Å²) in [6.45, 7) is 4.81. The molecular formula is C15H19ClO3. The lowest BCUT2D eigenvalue weighted by atomic mass is 9.77. The van der Waals surface area contributed by atoms with E-state index in [2.05, 4.69) is 13.8 Å². The molecule has 1 aromatic rings. The molecule has 0 aliphatic carbocycles.